The van der Waals surface area contributed by atoms with Gasteiger partial charge in [-0.25, -0.2) is 0 Å². The fourth-order valence-corrected chi connectivity index (χ4v) is 1.96. The first-order chi connectivity index (χ1) is 9.60. The standard InChI is InChI=1S/C15H15NO4/c1-19-12-8-4-6-10(15(12)20-2)14(18)9-5-3-7-11(17)13(9)16/h3-8,17H,16H2,1-2H3. The molecule has 104 valence electrons. The second-order valence-electron chi connectivity index (χ2n) is 4.11. The second-order valence-corrected chi connectivity index (χ2v) is 4.11. The molecule has 0 bridgehead atoms. The van der Waals surface area contributed by atoms with Gasteiger partial charge in [0.1, 0.15) is 5.75 Å². The molecule has 20 heavy (non-hydrogen) atoms. The third kappa shape index (κ3) is 2.25. The van der Waals surface area contributed by atoms with Crippen molar-refractivity contribution in [3.05, 3.63) is 47.5 Å². The lowest BCUT2D eigenvalue weighted by atomic mass is 10.00. The molecule has 2 aromatic rings. The van der Waals surface area contributed by atoms with Crippen molar-refractivity contribution in [2.24, 2.45) is 0 Å². The number of hydrogen-bond donors (Lipinski definition) is 2. The molecule has 5 heteroatoms. The summed E-state index contributed by atoms with van der Waals surface area (Å²) < 4.78 is 10.4. The molecule has 0 radical (unpaired) electrons. The van der Waals surface area contributed by atoms with Gasteiger partial charge in [0.15, 0.2) is 17.3 Å². The quantitative estimate of drug-likeness (QED) is 0.507. The van der Waals surface area contributed by atoms with Gasteiger partial charge in [-0.2, -0.15) is 0 Å². The predicted molar refractivity (Wildman–Crippen MR) is 75.5 cm³/mol. The molecule has 2 aromatic carbocycles. The Labute approximate surface area is 116 Å². The van der Waals surface area contributed by atoms with Crippen molar-refractivity contribution in [3.8, 4) is 17.2 Å². The van der Waals surface area contributed by atoms with E-state index in [0.717, 1.165) is 0 Å². The number of ether oxygens (including phenoxy) is 2. The number of phenols is 1. The molecular formula is C15H15NO4. The number of methoxy groups -OCH3 is 2. The minimum Gasteiger partial charge on any atom is -0.506 e. The average Bonchev–Trinajstić information content (AvgIpc) is 2.48. The number of anilines is 1. The minimum absolute atomic E-state index is 0.0439. The zero-order valence-corrected chi connectivity index (χ0v) is 11.2. The Morgan fingerprint density at radius 2 is 1.70 bits per heavy atom. The Morgan fingerprint density at radius 3 is 2.35 bits per heavy atom. The van der Waals surface area contributed by atoms with E-state index >= 15 is 0 Å². The fourth-order valence-electron chi connectivity index (χ4n) is 1.96. The number of phenolic OH excluding ortho intramolecular Hbond substituents is 1. The third-order valence-corrected chi connectivity index (χ3v) is 2.98. The van der Waals surface area contributed by atoms with E-state index < -0.39 is 0 Å². The molecule has 3 N–H and O–H groups in total. The van der Waals surface area contributed by atoms with Crippen molar-refractivity contribution >= 4 is 11.5 Å². The lowest BCUT2D eigenvalue weighted by Gasteiger charge is -2.13. The Kier molecular flexibility index (Phi) is 3.79. The first kappa shape index (κ1) is 13.7. The third-order valence-electron chi connectivity index (χ3n) is 2.98. The molecule has 0 aliphatic carbocycles. The van der Waals surface area contributed by atoms with Crippen LogP contribution in [0.15, 0.2) is 36.4 Å². The number of nitrogens with two attached hydrogens (primary N) is 1. The van der Waals surface area contributed by atoms with Crippen LogP contribution < -0.4 is 15.2 Å². The molecule has 0 amide bonds. The number of para-hydroxylation sites is 2. The van der Waals surface area contributed by atoms with E-state index in [1.54, 1.807) is 30.3 Å². The molecule has 0 aromatic heterocycles. The maximum absolute atomic E-state index is 12.5. The van der Waals surface area contributed by atoms with E-state index in [1.807, 2.05) is 0 Å². The number of hydrogen-bond acceptors (Lipinski definition) is 5. The van der Waals surface area contributed by atoms with Gasteiger partial charge >= 0.3 is 0 Å². The summed E-state index contributed by atoms with van der Waals surface area (Å²) in [5.74, 6) is 0.326. The van der Waals surface area contributed by atoms with Crippen LogP contribution in [0.3, 0.4) is 0 Å². The Bertz CT molecular complexity index is 652. The molecule has 0 saturated heterocycles. The summed E-state index contributed by atoms with van der Waals surface area (Å²) in [6.45, 7) is 0. The summed E-state index contributed by atoms with van der Waals surface area (Å²) in [4.78, 5) is 12.5. The van der Waals surface area contributed by atoms with Gasteiger partial charge in [0.25, 0.3) is 0 Å². The smallest absolute Gasteiger partial charge is 0.199 e. The van der Waals surface area contributed by atoms with Gasteiger partial charge in [-0.1, -0.05) is 12.1 Å². The molecule has 0 aliphatic rings. The van der Waals surface area contributed by atoms with Gasteiger partial charge in [0.05, 0.1) is 25.5 Å². The van der Waals surface area contributed by atoms with Crippen LogP contribution in [-0.2, 0) is 0 Å². The van der Waals surface area contributed by atoms with E-state index in [0.29, 0.717) is 17.1 Å². The van der Waals surface area contributed by atoms with Crippen LogP contribution >= 0.6 is 0 Å². The van der Waals surface area contributed by atoms with E-state index in [2.05, 4.69) is 0 Å². The topological polar surface area (TPSA) is 81.8 Å². The highest BCUT2D eigenvalue weighted by molar-refractivity contribution is 6.14. The zero-order chi connectivity index (χ0) is 14.7. The van der Waals surface area contributed by atoms with Gasteiger partial charge in [0.2, 0.25) is 0 Å². The highest BCUT2D eigenvalue weighted by Gasteiger charge is 2.20. The van der Waals surface area contributed by atoms with Crippen molar-refractivity contribution in [2.45, 2.75) is 0 Å². The largest absolute Gasteiger partial charge is 0.506 e. The van der Waals surface area contributed by atoms with E-state index in [9.17, 15) is 9.90 Å². The molecule has 2 rings (SSSR count). The van der Waals surface area contributed by atoms with E-state index in [1.165, 1.54) is 20.3 Å². The summed E-state index contributed by atoms with van der Waals surface area (Å²) in [7, 11) is 2.95. The highest BCUT2D eigenvalue weighted by atomic mass is 16.5. The highest BCUT2D eigenvalue weighted by Crippen LogP contribution is 2.34. The number of carbonyl (C=O) groups is 1. The molecule has 0 unspecified atom stereocenters. The zero-order valence-electron chi connectivity index (χ0n) is 11.2. The number of nitrogen functional groups attached to an aromatic ring is 1. The molecule has 0 fully saturated rings. The van der Waals surface area contributed by atoms with Crippen LogP contribution in [0, 0.1) is 0 Å². The van der Waals surface area contributed by atoms with Crippen molar-refractivity contribution in [1.29, 1.82) is 0 Å². The van der Waals surface area contributed by atoms with Crippen LogP contribution in [0.2, 0.25) is 0 Å². The number of ketones is 1. The molecule has 0 atom stereocenters. The average molecular weight is 273 g/mol. The van der Waals surface area contributed by atoms with Gasteiger partial charge in [-0.05, 0) is 24.3 Å². The Hall–Kier alpha value is -2.69. The Morgan fingerprint density at radius 1 is 1.05 bits per heavy atom. The molecule has 0 aliphatic heterocycles. The lowest BCUT2D eigenvalue weighted by molar-refractivity contribution is 0.103. The lowest BCUT2D eigenvalue weighted by Crippen LogP contribution is -2.08. The van der Waals surface area contributed by atoms with Crippen LogP contribution in [0.25, 0.3) is 0 Å². The van der Waals surface area contributed by atoms with Crippen molar-refractivity contribution in [3.63, 3.8) is 0 Å². The summed E-state index contributed by atoms with van der Waals surface area (Å²) in [6.07, 6.45) is 0. The number of rotatable bonds is 4. The number of aromatic hydroxyl groups is 1. The molecular weight excluding hydrogens is 258 g/mol. The van der Waals surface area contributed by atoms with Crippen LogP contribution in [0.5, 0.6) is 17.2 Å². The maximum atomic E-state index is 12.5. The molecule has 0 saturated carbocycles. The summed E-state index contributed by atoms with van der Waals surface area (Å²) in [6, 6.07) is 9.54. The van der Waals surface area contributed by atoms with Crippen molar-refractivity contribution < 1.29 is 19.4 Å². The van der Waals surface area contributed by atoms with Crippen molar-refractivity contribution in [2.75, 3.05) is 20.0 Å². The van der Waals surface area contributed by atoms with Gasteiger partial charge < -0.3 is 20.3 Å². The summed E-state index contributed by atoms with van der Waals surface area (Å²) in [5.41, 5.74) is 6.33. The summed E-state index contributed by atoms with van der Waals surface area (Å²) >= 11 is 0. The molecule has 0 spiro atoms. The van der Waals surface area contributed by atoms with E-state index in [4.69, 9.17) is 15.2 Å². The van der Waals surface area contributed by atoms with Gasteiger partial charge in [-0.3, -0.25) is 4.79 Å². The normalized spacial score (nSPS) is 10.1. The molecule has 5 nitrogen and oxygen atoms in total. The van der Waals surface area contributed by atoms with Gasteiger partial charge in [0, 0.05) is 5.56 Å². The monoisotopic (exact) mass is 273 g/mol. The predicted octanol–water partition coefficient (Wildman–Crippen LogP) is 2.22. The Balaban J connectivity index is 2.57. The van der Waals surface area contributed by atoms with Crippen LogP contribution in [-0.4, -0.2) is 25.1 Å². The van der Waals surface area contributed by atoms with Gasteiger partial charge in [-0.15, -0.1) is 0 Å². The SMILES string of the molecule is COc1cccc(C(=O)c2cccc(O)c2N)c1OC. The molecule has 0 heterocycles. The van der Waals surface area contributed by atoms with E-state index in [-0.39, 0.29) is 22.8 Å². The summed E-state index contributed by atoms with van der Waals surface area (Å²) in [5, 5.41) is 9.59. The van der Waals surface area contributed by atoms with Crippen molar-refractivity contribution in [1.82, 2.24) is 0 Å². The van der Waals surface area contributed by atoms with Crippen LogP contribution in [0.1, 0.15) is 15.9 Å². The number of benzene rings is 2. The fraction of sp³-hybridized carbons (Fsp3) is 0.133. The second kappa shape index (κ2) is 5.52. The number of carbonyl (C=O) groups excluding carboxylic acids is 1. The first-order valence-electron chi connectivity index (χ1n) is 5.93. The van der Waals surface area contributed by atoms with Crippen LogP contribution in [0.4, 0.5) is 5.69 Å². The first-order valence-corrected chi connectivity index (χ1v) is 5.93. The minimum atomic E-state index is -0.339. The maximum Gasteiger partial charge on any atom is 0.199 e.